The van der Waals surface area contributed by atoms with Gasteiger partial charge >= 0.3 is 0 Å². The third-order valence-corrected chi connectivity index (χ3v) is 5.31. The van der Waals surface area contributed by atoms with Crippen LogP contribution in [0.2, 0.25) is 0 Å². The number of anilines is 1. The second kappa shape index (κ2) is 8.95. The standard InChI is InChI=1S/C24H25N5O2/c1-3-23(30)26-15(2)20-11-10-19(14-25-20)17-6-4-16(5-7-17)12-24(31)27-22-13-21(28-29-22)18-8-9-18/h3-7,10-11,13-15,18H,1,8-9,12H2,2H3,(H,26,30)(H2,27,28,29,31). The SMILES string of the molecule is C=CC(=O)NC(C)c1ccc(-c2ccc(CC(=O)Nc3cc(C4CC4)[nH]n3)cc2)cn1. The fourth-order valence-electron chi connectivity index (χ4n) is 3.37. The Morgan fingerprint density at radius 2 is 1.94 bits per heavy atom. The Labute approximate surface area is 181 Å². The molecule has 3 N–H and O–H groups in total. The molecule has 7 nitrogen and oxygen atoms in total. The largest absolute Gasteiger partial charge is 0.344 e. The van der Waals surface area contributed by atoms with E-state index in [2.05, 4.69) is 32.4 Å². The minimum Gasteiger partial charge on any atom is -0.344 e. The molecule has 0 radical (unpaired) electrons. The number of amides is 2. The fourth-order valence-corrected chi connectivity index (χ4v) is 3.37. The van der Waals surface area contributed by atoms with Crippen molar-refractivity contribution in [2.75, 3.05) is 5.32 Å². The number of benzene rings is 1. The molecular weight excluding hydrogens is 390 g/mol. The first-order valence-corrected chi connectivity index (χ1v) is 10.3. The molecule has 0 aliphatic heterocycles. The summed E-state index contributed by atoms with van der Waals surface area (Å²) in [4.78, 5) is 28.2. The van der Waals surface area contributed by atoms with Crippen LogP contribution in [-0.4, -0.2) is 27.0 Å². The maximum absolute atomic E-state index is 12.3. The van der Waals surface area contributed by atoms with E-state index in [1.54, 1.807) is 6.20 Å². The van der Waals surface area contributed by atoms with Crippen molar-refractivity contribution < 1.29 is 9.59 Å². The second-order valence-electron chi connectivity index (χ2n) is 7.81. The first kappa shape index (κ1) is 20.5. The molecule has 1 fully saturated rings. The summed E-state index contributed by atoms with van der Waals surface area (Å²) in [6.45, 7) is 5.33. The van der Waals surface area contributed by atoms with E-state index in [1.165, 1.54) is 18.9 Å². The number of carbonyl (C=O) groups is 2. The molecule has 4 rings (SSSR count). The molecule has 1 atom stereocenters. The number of nitrogens with zero attached hydrogens (tertiary/aromatic N) is 2. The Hall–Kier alpha value is -3.74. The number of aromatic nitrogens is 3. The van der Waals surface area contributed by atoms with Gasteiger partial charge in [-0.1, -0.05) is 36.9 Å². The zero-order chi connectivity index (χ0) is 21.8. The molecule has 2 amide bonds. The van der Waals surface area contributed by atoms with Crippen LogP contribution in [0.4, 0.5) is 5.82 Å². The predicted octanol–water partition coefficient (Wildman–Crippen LogP) is 3.89. The highest BCUT2D eigenvalue weighted by atomic mass is 16.2. The first-order valence-electron chi connectivity index (χ1n) is 10.3. The van der Waals surface area contributed by atoms with E-state index in [0.29, 0.717) is 11.7 Å². The molecule has 158 valence electrons. The number of H-pyrrole nitrogens is 1. The predicted molar refractivity (Wildman–Crippen MR) is 119 cm³/mol. The van der Waals surface area contributed by atoms with E-state index in [4.69, 9.17) is 0 Å². The van der Waals surface area contributed by atoms with Gasteiger partial charge in [0.1, 0.15) is 0 Å². The average Bonchev–Trinajstić information content (AvgIpc) is 3.53. The molecule has 0 saturated heterocycles. The van der Waals surface area contributed by atoms with Gasteiger partial charge in [-0.2, -0.15) is 5.10 Å². The van der Waals surface area contributed by atoms with Gasteiger partial charge in [0.15, 0.2) is 5.82 Å². The van der Waals surface area contributed by atoms with Crippen LogP contribution >= 0.6 is 0 Å². The Balaban J connectivity index is 1.34. The minimum absolute atomic E-state index is 0.0943. The van der Waals surface area contributed by atoms with Crippen LogP contribution in [0.5, 0.6) is 0 Å². The summed E-state index contributed by atoms with van der Waals surface area (Å²) in [5.74, 6) is 0.827. The Bertz CT molecular complexity index is 1080. The van der Waals surface area contributed by atoms with E-state index < -0.39 is 0 Å². The van der Waals surface area contributed by atoms with Crippen molar-refractivity contribution in [1.82, 2.24) is 20.5 Å². The Morgan fingerprint density at radius 3 is 2.58 bits per heavy atom. The van der Waals surface area contributed by atoms with Crippen molar-refractivity contribution in [3.8, 4) is 11.1 Å². The maximum Gasteiger partial charge on any atom is 0.243 e. The summed E-state index contributed by atoms with van der Waals surface area (Å²) in [5.41, 5.74) is 4.76. The lowest BCUT2D eigenvalue weighted by molar-refractivity contribution is -0.117. The average molecular weight is 415 g/mol. The van der Waals surface area contributed by atoms with Crippen LogP contribution in [0.25, 0.3) is 11.1 Å². The van der Waals surface area contributed by atoms with Gasteiger partial charge in [0, 0.05) is 29.4 Å². The van der Waals surface area contributed by atoms with Gasteiger partial charge < -0.3 is 10.6 Å². The number of rotatable bonds is 8. The monoisotopic (exact) mass is 415 g/mol. The number of nitrogens with one attached hydrogen (secondary N) is 3. The molecule has 1 aliphatic carbocycles. The smallest absolute Gasteiger partial charge is 0.243 e. The van der Waals surface area contributed by atoms with Crippen molar-refractivity contribution in [1.29, 1.82) is 0 Å². The van der Waals surface area contributed by atoms with E-state index in [9.17, 15) is 9.59 Å². The van der Waals surface area contributed by atoms with Crippen LogP contribution in [-0.2, 0) is 16.0 Å². The number of hydrogen-bond acceptors (Lipinski definition) is 4. The van der Waals surface area contributed by atoms with Crippen molar-refractivity contribution >= 4 is 17.6 Å². The lowest BCUT2D eigenvalue weighted by Gasteiger charge is -2.12. The molecule has 31 heavy (non-hydrogen) atoms. The Morgan fingerprint density at radius 1 is 1.19 bits per heavy atom. The summed E-state index contributed by atoms with van der Waals surface area (Å²) < 4.78 is 0. The number of carbonyl (C=O) groups excluding carboxylic acids is 2. The fraction of sp³-hybridized carbons (Fsp3) is 0.250. The van der Waals surface area contributed by atoms with E-state index in [-0.39, 0.29) is 24.3 Å². The van der Waals surface area contributed by atoms with Gasteiger partial charge in [0.25, 0.3) is 0 Å². The molecule has 1 saturated carbocycles. The molecule has 1 aromatic carbocycles. The van der Waals surface area contributed by atoms with Crippen molar-refractivity contribution in [3.05, 3.63) is 78.3 Å². The zero-order valence-corrected chi connectivity index (χ0v) is 17.4. The highest BCUT2D eigenvalue weighted by molar-refractivity contribution is 5.91. The number of pyridine rings is 1. The van der Waals surface area contributed by atoms with Crippen LogP contribution in [0, 0.1) is 0 Å². The zero-order valence-electron chi connectivity index (χ0n) is 17.4. The molecular formula is C24H25N5O2. The van der Waals surface area contributed by atoms with Crippen molar-refractivity contribution in [2.24, 2.45) is 0 Å². The summed E-state index contributed by atoms with van der Waals surface area (Å²) in [6, 6.07) is 13.4. The molecule has 2 heterocycles. The summed E-state index contributed by atoms with van der Waals surface area (Å²) in [5, 5.41) is 12.8. The third kappa shape index (κ3) is 5.25. The van der Waals surface area contributed by atoms with Crippen molar-refractivity contribution in [3.63, 3.8) is 0 Å². The lowest BCUT2D eigenvalue weighted by atomic mass is 10.0. The molecule has 2 aromatic heterocycles. The minimum atomic E-state index is -0.228. The van der Waals surface area contributed by atoms with E-state index in [0.717, 1.165) is 28.1 Å². The molecule has 0 bridgehead atoms. The quantitative estimate of drug-likeness (QED) is 0.486. The van der Waals surface area contributed by atoms with Crippen LogP contribution < -0.4 is 10.6 Å². The van der Waals surface area contributed by atoms with Gasteiger partial charge in [-0.05, 0) is 43.0 Å². The van der Waals surface area contributed by atoms with E-state index in [1.807, 2.05) is 49.4 Å². The maximum atomic E-state index is 12.3. The normalized spacial score (nSPS) is 14.0. The van der Waals surface area contributed by atoms with Crippen molar-refractivity contribution in [2.45, 2.75) is 38.1 Å². The molecule has 1 unspecified atom stereocenters. The molecule has 0 spiro atoms. The molecule has 1 aliphatic rings. The van der Waals surface area contributed by atoms with Gasteiger partial charge in [0.2, 0.25) is 11.8 Å². The van der Waals surface area contributed by atoms with Gasteiger partial charge in [0.05, 0.1) is 18.2 Å². The van der Waals surface area contributed by atoms with Gasteiger partial charge in [-0.15, -0.1) is 0 Å². The van der Waals surface area contributed by atoms with Gasteiger partial charge in [-0.25, -0.2) is 0 Å². The Kier molecular flexibility index (Phi) is 5.93. The molecule has 7 heteroatoms. The summed E-state index contributed by atoms with van der Waals surface area (Å²) in [7, 11) is 0. The first-order chi connectivity index (χ1) is 15.0. The van der Waals surface area contributed by atoms with Crippen LogP contribution in [0.15, 0.2) is 61.3 Å². The highest BCUT2D eigenvalue weighted by Crippen LogP contribution is 2.39. The van der Waals surface area contributed by atoms with Gasteiger partial charge in [-0.3, -0.25) is 19.7 Å². The van der Waals surface area contributed by atoms with Crippen LogP contribution in [0.3, 0.4) is 0 Å². The summed E-state index contributed by atoms with van der Waals surface area (Å²) in [6.07, 6.45) is 5.68. The lowest BCUT2D eigenvalue weighted by Crippen LogP contribution is -2.25. The van der Waals surface area contributed by atoms with E-state index >= 15 is 0 Å². The number of aromatic amines is 1. The molecule has 3 aromatic rings. The third-order valence-electron chi connectivity index (χ3n) is 5.31. The summed E-state index contributed by atoms with van der Waals surface area (Å²) >= 11 is 0. The van der Waals surface area contributed by atoms with Crippen LogP contribution in [0.1, 0.15) is 48.7 Å². The highest BCUT2D eigenvalue weighted by Gasteiger charge is 2.25. The topological polar surface area (TPSA) is 99.8 Å². The second-order valence-corrected chi connectivity index (χ2v) is 7.81. The number of hydrogen-bond donors (Lipinski definition) is 3.